The minimum atomic E-state index is -4.24. The Morgan fingerprint density at radius 1 is 1.29 bits per heavy atom. The lowest BCUT2D eigenvalue weighted by atomic mass is 10.0. The summed E-state index contributed by atoms with van der Waals surface area (Å²) >= 11 is 0. The standard InChI is InChI=1S/C20H24N6O7S/c1-10-18(11(2)32-24-10)34(30,31)26-16(20(28)29)9-23-17(27)8-14-7-15(25-33-14)12-3-5-13(6-4-12)19(21)22/h3-6,14,16,26H,7-9H2,1-2H3,(H3,21,22)(H,23,27)(H,28,29)/t14-,16-/m1/s1. The van der Waals surface area contributed by atoms with E-state index in [1.807, 2.05) is 4.72 Å². The molecule has 1 aromatic carbocycles. The highest BCUT2D eigenvalue weighted by molar-refractivity contribution is 7.89. The molecule has 0 aliphatic carbocycles. The van der Waals surface area contributed by atoms with Crippen molar-refractivity contribution in [2.75, 3.05) is 6.54 Å². The molecule has 3 rings (SSSR count). The Morgan fingerprint density at radius 3 is 2.53 bits per heavy atom. The van der Waals surface area contributed by atoms with Crippen LogP contribution >= 0.6 is 0 Å². The van der Waals surface area contributed by atoms with Gasteiger partial charge in [0.2, 0.25) is 15.9 Å². The highest BCUT2D eigenvalue weighted by Crippen LogP contribution is 2.20. The van der Waals surface area contributed by atoms with E-state index < -0.39 is 40.6 Å². The normalized spacial score (nSPS) is 16.4. The number of aromatic nitrogens is 1. The topological polar surface area (TPSA) is 210 Å². The molecule has 6 N–H and O–H groups in total. The second kappa shape index (κ2) is 10.0. The van der Waals surface area contributed by atoms with Crippen molar-refractivity contribution in [2.45, 2.75) is 43.7 Å². The van der Waals surface area contributed by atoms with E-state index in [0.29, 0.717) is 17.7 Å². The number of carbonyl (C=O) groups is 2. The fraction of sp³-hybridized carbons (Fsp3) is 0.350. The minimum Gasteiger partial charge on any atom is -0.480 e. The van der Waals surface area contributed by atoms with Crippen LogP contribution in [0.4, 0.5) is 0 Å². The molecule has 0 spiro atoms. The molecule has 182 valence electrons. The SMILES string of the molecule is Cc1noc(C)c1S(=O)(=O)N[C@H](CNC(=O)C[C@H]1CC(c2ccc(C(=N)N)cc2)=NO1)C(=O)O. The first kappa shape index (κ1) is 24.9. The monoisotopic (exact) mass is 492 g/mol. The number of rotatable bonds is 10. The molecular weight excluding hydrogens is 468 g/mol. The maximum atomic E-state index is 12.6. The lowest BCUT2D eigenvalue weighted by Crippen LogP contribution is -2.48. The first-order chi connectivity index (χ1) is 16.0. The van der Waals surface area contributed by atoms with Crippen LogP contribution < -0.4 is 15.8 Å². The van der Waals surface area contributed by atoms with Gasteiger partial charge in [-0.1, -0.05) is 34.6 Å². The number of carboxylic acids is 1. The van der Waals surface area contributed by atoms with Crippen LogP contribution in [0.15, 0.2) is 38.8 Å². The summed E-state index contributed by atoms with van der Waals surface area (Å²) in [5.74, 6) is -2.04. The molecule has 1 aliphatic rings. The molecule has 0 radical (unpaired) electrons. The zero-order valence-corrected chi connectivity index (χ0v) is 19.2. The van der Waals surface area contributed by atoms with Crippen molar-refractivity contribution in [1.29, 1.82) is 5.41 Å². The van der Waals surface area contributed by atoms with Crippen molar-refractivity contribution in [3.63, 3.8) is 0 Å². The molecule has 34 heavy (non-hydrogen) atoms. The highest BCUT2D eigenvalue weighted by Gasteiger charge is 2.31. The summed E-state index contributed by atoms with van der Waals surface area (Å²) in [4.78, 5) is 28.9. The summed E-state index contributed by atoms with van der Waals surface area (Å²) in [6, 6.07) is 5.22. The second-order valence-corrected chi connectivity index (χ2v) is 9.28. The maximum Gasteiger partial charge on any atom is 0.323 e. The van der Waals surface area contributed by atoms with Gasteiger partial charge in [0.15, 0.2) is 5.76 Å². The molecule has 1 aromatic heterocycles. The van der Waals surface area contributed by atoms with E-state index in [0.717, 1.165) is 5.56 Å². The number of sulfonamides is 1. The van der Waals surface area contributed by atoms with Gasteiger partial charge in [-0.15, -0.1) is 0 Å². The lowest BCUT2D eigenvalue weighted by Gasteiger charge is -2.16. The van der Waals surface area contributed by atoms with Crippen LogP contribution in [0.3, 0.4) is 0 Å². The van der Waals surface area contributed by atoms with Gasteiger partial charge in [0, 0.05) is 18.5 Å². The Hall–Kier alpha value is -3.78. The van der Waals surface area contributed by atoms with E-state index in [9.17, 15) is 23.1 Å². The molecule has 2 heterocycles. The van der Waals surface area contributed by atoms with Gasteiger partial charge in [-0.3, -0.25) is 15.0 Å². The number of hydrogen-bond donors (Lipinski definition) is 5. The van der Waals surface area contributed by atoms with Gasteiger partial charge in [0.25, 0.3) is 0 Å². The Morgan fingerprint density at radius 2 is 1.97 bits per heavy atom. The van der Waals surface area contributed by atoms with E-state index in [1.165, 1.54) is 13.8 Å². The first-order valence-corrected chi connectivity index (χ1v) is 11.6. The van der Waals surface area contributed by atoms with Crippen molar-refractivity contribution in [2.24, 2.45) is 10.9 Å². The number of hydrogen-bond acceptors (Lipinski definition) is 9. The van der Waals surface area contributed by atoms with Crippen LogP contribution in [0.2, 0.25) is 0 Å². The molecule has 2 atom stereocenters. The van der Waals surface area contributed by atoms with E-state index in [4.69, 9.17) is 20.5 Å². The van der Waals surface area contributed by atoms with Crippen LogP contribution in [0.25, 0.3) is 0 Å². The number of aliphatic carboxylic acids is 1. The summed E-state index contributed by atoms with van der Waals surface area (Å²) < 4.78 is 32.0. The number of amidine groups is 1. The summed E-state index contributed by atoms with van der Waals surface area (Å²) in [5.41, 5.74) is 7.46. The number of carboxylic acid groups (broad SMARTS) is 1. The van der Waals surface area contributed by atoms with Crippen molar-refractivity contribution in [3.8, 4) is 0 Å². The zero-order chi connectivity index (χ0) is 25.0. The van der Waals surface area contributed by atoms with Gasteiger partial charge in [-0.25, -0.2) is 8.42 Å². The number of carbonyl (C=O) groups excluding carboxylic acids is 1. The highest BCUT2D eigenvalue weighted by atomic mass is 32.2. The number of benzene rings is 1. The third-order valence-corrected chi connectivity index (χ3v) is 6.73. The van der Waals surface area contributed by atoms with E-state index in [1.54, 1.807) is 24.3 Å². The van der Waals surface area contributed by atoms with Crippen molar-refractivity contribution in [3.05, 3.63) is 46.8 Å². The summed E-state index contributed by atoms with van der Waals surface area (Å²) in [6.45, 7) is 2.32. The quantitative estimate of drug-likeness (QED) is 0.223. The molecule has 2 aromatic rings. The summed E-state index contributed by atoms with van der Waals surface area (Å²) in [7, 11) is -4.24. The predicted octanol–water partition coefficient (Wildman–Crippen LogP) is 0.00651. The molecule has 1 amide bonds. The van der Waals surface area contributed by atoms with Gasteiger partial charge in [-0.2, -0.15) is 4.72 Å². The fourth-order valence-corrected chi connectivity index (χ4v) is 4.85. The number of aryl methyl sites for hydroxylation is 2. The van der Waals surface area contributed by atoms with Crippen molar-refractivity contribution >= 4 is 33.4 Å². The predicted molar refractivity (Wildman–Crippen MR) is 119 cm³/mol. The third kappa shape index (κ3) is 5.77. The summed E-state index contributed by atoms with van der Waals surface area (Å²) in [5, 5.41) is 26.8. The zero-order valence-electron chi connectivity index (χ0n) is 18.4. The Labute approximate surface area is 194 Å². The van der Waals surface area contributed by atoms with Gasteiger partial charge >= 0.3 is 5.97 Å². The lowest BCUT2D eigenvalue weighted by molar-refractivity contribution is -0.139. The number of nitrogens with zero attached hydrogens (tertiary/aromatic N) is 2. The Kier molecular flexibility index (Phi) is 7.32. The van der Waals surface area contributed by atoms with E-state index in [2.05, 4.69) is 15.6 Å². The molecule has 13 nitrogen and oxygen atoms in total. The van der Waals surface area contributed by atoms with Crippen LogP contribution in [-0.2, 0) is 24.4 Å². The average molecular weight is 493 g/mol. The molecule has 0 bridgehead atoms. The number of amides is 1. The third-order valence-electron chi connectivity index (χ3n) is 5.01. The number of nitrogens with one attached hydrogen (secondary N) is 3. The molecule has 1 aliphatic heterocycles. The van der Waals surface area contributed by atoms with Crippen LogP contribution in [0.5, 0.6) is 0 Å². The molecule has 0 saturated heterocycles. The van der Waals surface area contributed by atoms with Crippen molar-refractivity contribution < 1.29 is 32.5 Å². The Bertz CT molecular complexity index is 1220. The maximum absolute atomic E-state index is 12.6. The van der Waals surface area contributed by atoms with Gasteiger partial charge < -0.3 is 25.5 Å². The van der Waals surface area contributed by atoms with E-state index in [-0.39, 0.29) is 28.6 Å². The smallest absolute Gasteiger partial charge is 0.323 e. The van der Waals surface area contributed by atoms with E-state index >= 15 is 0 Å². The number of nitrogens with two attached hydrogens (primary N) is 1. The van der Waals surface area contributed by atoms with Gasteiger partial charge in [0.1, 0.15) is 28.6 Å². The largest absolute Gasteiger partial charge is 0.480 e. The molecule has 0 saturated carbocycles. The van der Waals surface area contributed by atoms with Crippen LogP contribution in [0.1, 0.15) is 35.4 Å². The average Bonchev–Trinajstić information content (AvgIpc) is 3.37. The van der Waals surface area contributed by atoms with Gasteiger partial charge in [-0.05, 0) is 19.4 Å². The van der Waals surface area contributed by atoms with Crippen LogP contribution in [0, 0.1) is 19.3 Å². The van der Waals surface area contributed by atoms with Crippen molar-refractivity contribution in [1.82, 2.24) is 15.2 Å². The summed E-state index contributed by atoms with van der Waals surface area (Å²) in [6.07, 6.45) is -0.334. The first-order valence-electron chi connectivity index (χ1n) is 10.1. The molecule has 0 unspecified atom stereocenters. The fourth-order valence-electron chi connectivity index (χ4n) is 3.33. The minimum absolute atomic E-state index is 0.0169. The number of nitrogen functional groups attached to an aromatic ring is 1. The Balaban J connectivity index is 1.53. The van der Waals surface area contributed by atoms with Gasteiger partial charge in [0.05, 0.1) is 12.1 Å². The molecular formula is C20H24N6O7S. The molecule has 0 fully saturated rings. The number of oxime groups is 1. The second-order valence-electron chi connectivity index (χ2n) is 7.63. The van der Waals surface area contributed by atoms with Crippen LogP contribution in [-0.4, -0.2) is 60.8 Å². The molecule has 14 heteroatoms.